The standard InChI is InChI=1S/C21H27FN4/c1-16-12-17(8-9-20(16)22)13-24-21(23-2)25-14-18-10-11-26(15-18)19-6-4-3-5-7-19/h3-9,12,18H,10-11,13-15H2,1-2H3,(H2,23,24,25). The summed E-state index contributed by atoms with van der Waals surface area (Å²) in [5, 5.41) is 6.72. The number of hydrogen-bond donors (Lipinski definition) is 2. The molecule has 1 heterocycles. The molecule has 2 aromatic rings. The van der Waals surface area contributed by atoms with Crippen molar-refractivity contribution in [3.8, 4) is 0 Å². The highest BCUT2D eigenvalue weighted by atomic mass is 19.1. The third kappa shape index (κ3) is 4.75. The lowest BCUT2D eigenvalue weighted by Crippen LogP contribution is -2.40. The van der Waals surface area contributed by atoms with Crippen LogP contribution in [0.4, 0.5) is 10.1 Å². The molecule has 1 aliphatic rings. The van der Waals surface area contributed by atoms with Crippen LogP contribution in [0, 0.1) is 18.7 Å². The van der Waals surface area contributed by atoms with E-state index in [4.69, 9.17) is 0 Å². The van der Waals surface area contributed by atoms with Crippen molar-refractivity contribution in [3.05, 3.63) is 65.5 Å². The number of hydrogen-bond acceptors (Lipinski definition) is 2. The maximum Gasteiger partial charge on any atom is 0.191 e. The van der Waals surface area contributed by atoms with Crippen LogP contribution in [0.25, 0.3) is 0 Å². The van der Waals surface area contributed by atoms with E-state index in [9.17, 15) is 4.39 Å². The Hall–Kier alpha value is -2.56. The number of nitrogens with zero attached hydrogens (tertiary/aromatic N) is 2. The van der Waals surface area contributed by atoms with Gasteiger partial charge < -0.3 is 15.5 Å². The number of guanidine groups is 1. The van der Waals surface area contributed by atoms with E-state index >= 15 is 0 Å². The molecule has 0 radical (unpaired) electrons. The van der Waals surface area contributed by atoms with E-state index in [0.717, 1.165) is 31.2 Å². The smallest absolute Gasteiger partial charge is 0.191 e. The Morgan fingerprint density at radius 2 is 2.00 bits per heavy atom. The number of nitrogens with one attached hydrogen (secondary N) is 2. The molecule has 5 heteroatoms. The molecule has 1 unspecified atom stereocenters. The quantitative estimate of drug-likeness (QED) is 0.639. The topological polar surface area (TPSA) is 39.7 Å². The van der Waals surface area contributed by atoms with E-state index in [1.54, 1.807) is 20.0 Å². The summed E-state index contributed by atoms with van der Waals surface area (Å²) >= 11 is 0. The fraction of sp³-hybridized carbons (Fsp3) is 0.381. The van der Waals surface area contributed by atoms with E-state index in [1.165, 1.54) is 18.2 Å². The fourth-order valence-electron chi connectivity index (χ4n) is 3.34. The highest BCUT2D eigenvalue weighted by Crippen LogP contribution is 2.22. The molecule has 0 spiro atoms. The van der Waals surface area contributed by atoms with Crippen LogP contribution in [0.1, 0.15) is 17.5 Å². The third-order valence-corrected chi connectivity index (χ3v) is 4.87. The Kier molecular flexibility index (Phi) is 6.10. The van der Waals surface area contributed by atoms with E-state index in [-0.39, 0.29) is 5.82 Å². The highest BCUT2D eigenvalue weighted by Gasteiger charge is 2.22. The Morgan fingerprint density at radius 3 is 2.73 bits per heavy atom. The highest BCUT2D eigenvalue weighted by molar-refractivity contribution is 5.79. The van der Waals surface area contributed by atoms with Gasteiger partial charge in [-0.3, -0.25) is 4.99 Å². The molecule has 1 fully saturated rings. The zero-order chi connectivity index (χ0) is 18.4. The maximum absolute atomic E-state index is 13.4. The number of para-hydroxylation sites is 1. The van der Waals surface area contributed by atoms with Gasteiger partial charge in [0.25, 0.3) is 0 Å². The predicted octanol–water partition coefficient (Wildman–Crippen LogP) is 3.33. The number of benzene rings is 2. The molecule has 0 amide bonds. The van der Waals surface area contributed by atoms with Gasteiger partial charge in [-0.1, -0.05) is 30.3 Å². The lowest BCUT2D eigenvalue weighted by Gasteiger charge is -2.19. The van der Waals surface area contributed by atoms with E-state index in [1.807, 2.05) is 6.07 Å². The monoisotopic (exact) mass is 354 g/mol. The van der Waals surface area contributed by atoms with Crippen molar-refractivity contribution in [3.63, 3.8) is 0 Å². The van der Waals surface area contributed by atoms with Gasteiger partial charge in [-0.2, -0.15) is 0 Å². The Bertz CT molecular complexity index is 745. The van der Waals surface area contributed by atoms with Crippen molar-refractivity contribution in [2.24, 2.45) is 10.9 Å². The summed E-state index contributed by atoms with van der Waals surface area (Å²) in [5.41, 5.74) is 3.01. The van der Waals surface area contributed by atoms with E-state index < -0.39 is 0 Å². The molecule has 2 N–H and O–H groups in total. The maximum atomic E-state index is 13.4. The average Bonchev–Trinajstić information content (AvgIpc) is 3.14. The first-order valence-electron chi connectivity index (χ1n) is 9.15. The molecule has 1 saturated heterocycles. The van der Waals surface area contributed by atoms with Gasteiger partial charge in [-0.15, -0.1) is 0 Å². The predicted molar refractivity (Wildman–Crippen MR) is 106 cm³/mol. The van der Waals surface area contributed by atoms with E-state index in [2.05, 4.69) is 50.9 Å². The SMILES string of the molecule is CN=C(NCc1ccc(F)c(C)c1)NCC1CCN(c2ccccc2)C1. The largest absolute Gasteiger partial charge is 0.371 e. The minimum atomic E-state index is -0.166. The first-order chi connectivity index (χ1) is 12.7. The summed E-state index contributed by atoms with van der Waals surface area (Å²) in [6, 6.07) is 15.7. The summed E-state index contributed by atoms with van der Waals surface area (Å²) in [6.45, 7) is 5.46. The van der Waals surface area contributed by atoms with Gasteiger partial charge in [-0.05, 0) is 48.6 Å². The fourth-order valence-corrected chi connectivity index (χ4v) is 3.34. The van der Waals surface area contributed by atoms with Crippen LogP contribution >= 0.6 is 0 Å². The third-order valence-electron chi connectivity index (χ3n) is 4.87. The summed E-state index contributed by atoms with van der Waals surface area (Å²) < 4.78 is 13.4. The molecule has 0 aromatic heterocycles. The van der Waals surface area contributed by atoms with Crippen molar-refractivity contribution in [1.82, 2.24) is 10.6 Å². The average molecular weight is 354 g/mol. The molecule has 1 aliphatic heterocycles. The molecule has 138 valence electrons. The first kappa shape index (κ1) is 18.2. The number of aliphatic imine (C=N–C) groups is 1. The minimum absolute atomic E-state index is 0.166. The van der Waals surface area contributed by atoms with Crippen LogP contribution in [0.5, 0.6) is 0 Å². The minimum Gasteiger partial charge on any atom is -0.371 e. The molecule has 1 atom stereocenters. The van der Waals surface area contributed by atoms with Gasteiger partial charge in [-0.25, -0.2) is 4.39 Å². The number of aryl methyl sites for hydroxylation is 1. The van der Waals surface area contributed by atoms with Crippen LogP contribution in [0.2, 0.25) is 0 Å². The molecule has 0 saturated carbocycles. The van der Waals surface area contributed by atoms with Crippen molar-refractivity contribution in [2.75, 3.05) is 31.6 Å². The first-order valence-corrected chi connectivity index (χ1v) is 9.15. The summed E-state index contributed by atoms with van der Waals surface area (Å²) in [6.07, 6.45) is 1.18. The van der Waals surface area contributed by atoms with Crippen LogP contribution in [0.3, 0.4) is 0 Å². The second-order valence-corrected chi connectivity index (χ2v) is 6.83. The summed E-state index contributed by atoms with van der Waals surface area (Å²) in [4.78, 5) is 6.72. The van der Waals surface area contributed by atoms with Crippen LogP contribution in [-0.2, 0) is 6.54 Å². The van der Waals surface area contributed by atoms with Gasteiger partial charge in [0.15, 0.2) is 5.96 Å². The zero-order valence-corrected chi connectivity index (χ0v) is 15.5. The number of rotatable bonds is 5. The van der Waals surface area contributed by atoms with Crippen molar-refractivity contribution in [2.45, 2.75) is 19.9 Å². The molecular weight excluding hydrogens is 327 g/mol. The Morgan fingerprint density at radius 1 is 1.19 bits per heavy atom. The van der Waals surface area contributed by atoms with Crippen molar-refractivity contribution < 1.29 is 4.39 Å². The van der Waals surface area contributed by atoms with Crippen LogP contribution in [0.15, 0.2) is 53.5 Å². The van der Waals surface area contributed by atoms with E-state index in [0.29, 0.717) is 18.0 Å². The zero-order valence-electron chi connectivity index (χ0n) is 15.5. The summed E-state index contributed by atoms with van der Waals surface area (Å²) in [5.74, 6) is 1.22. The molecule has 0 bridgehead atoms. The molecule has 4 nitrogen and oxygen atoms in total. The Labute approximate surface area is 155 Å². The molecule has 2 aromatic carbocycles. The van der Waals surface area contributed by atoms with Crippen LogP contribution < -0.4 is 15.5 Å². The second kappa shape index (κ2) is 8.70. The van der Waals surface area contributed by atoms with Gasteiger partial charge in [0.05, 0.1) is 0 Å². The molecular formula is C21H27FN4. The molecule has 0 aliphatic carbocycles. The number of halogens is 1. The van der Waals surface area contributed by atoms with Crippen molar-refractivity contribution in [1.29, 1.82) is 0 Å². The molecule has 3 rings (SSSR count). The van der Waals surface area contributed by atoms with Crippen LogP contribution in [-0.4, -0.2) is 32.6 Å². The lowest BCUT2D eigenvalue weighted by molar-refractivity contribution is 0.565. The van der Waals surface area contributed by atoms with Gasteiger partial charge >= 0.3 is 0 Å². The molecule has 26 heavy (non-hydrogen) atoms. The van der Waals surface area contributed by atoms with Gasteiger partial charge in [0.2, 0.25) is 0 Å². The van der Waals surface area contributed by atoms with Gasteiger partial charge in [0, 0.05) is 38.9 Å². The van der Waals surface area contributed by atoms with Crippen molar-refractivity contribution >= 4 is 11.6 Å². The normalized spacial score (nSPS) is 17.4. The summed E-state index contributed by atoms with van der Waals surface area (Å²) in [7, 11) is 1.77. The van der Waals surface area contributed by atoms with Gasteiger partial charge in [0.1, 0.15) is 5.82 Å². The Balaban J connectivity index is 1.45. The second-order valence-electron chi connectivity index (χ2n) is 6.83. The number of anilines is 1. The lowest BCUT2D eigenvalue weighted by atomic mass is 10.1.